The lowest BCUT2D eigenvalue weighted by molar-refractivity contribution is 0.0618. The van der Waals surface area contributed by atoms with Gasteiger partial charge in [-0.25, -0.2) is 0 Å². The van der Waals surface area contributed by atoms with Gasteiger partial charge in [-0.05, 0) is 44.0 Å². The Hall–Kier alpha value is -1.79. The second-order valence-electron chi connectivity index (χ2n) is 6.20. The van der Waals surface area contributed by atoms with E-state index in [1.807, 2.05) is 18.2 Å². The van der Waals surface area contributed by atoms with Gasteiger partial charge in [0.2, 0.25) is 0 Å². The van der Waals surface area contributed by atoms with Crippen molar-refractivity contribution >= 4 is 29.2 Å². The van der Waals surface area contributed by atoms with Gasteiger partial charge in [-0.1, -0.05) is 0 Å². The molecule has 3 aliphatic rings. The van der Waals surface area contributed by atoms with Crippen LogP contribution in [0.1, 0.15) is 23.3 Å². The summed E-state index contributed by atoms with van der Waals surface area (Å²) >= 11 is 0. The molecule has 2 N–H and O–H groups in total. The highest BCUT2D eigenvalue weighted by Crippen LogP contribution is 2.28. The van der Waals surface area contributed by atoms with Crippen molar-refractivity contribution in [2.45, 2.75) is 18.9 Å². The largest absolute Gasteiger partial charge is 0.497 e. The van der Waals surface area contributed by atoms with Gasteiger partial charge >= 0.3 is 0 Å². The summed E-state index contributed by atoms with van der Waals surface area (Å²) < 4.78 is 5.19. The molecule has 124 valence electrons. The Balaban J connectivity index is 0.00000156. The average molecular weight is 337 g/mol. The third-order valence-electron chi connectivity index (χ3n) is 4.96. The lowest BCUT2D eigenvalue weighted by atomic mass is 9.84. The van der Waals surface area contributed by atoms with Crippen molar-refractivity contribution in [1.82, 2.24) is 20.4 Å². The Bertz CT molecular complexity index is 709. The quantitative estimate of drug-likeness (QED) is 0.897. The average Bonchev–Trinajstić information content (AvgIpc) is 2.99. The van der Waals surface area contributed by atoms with Crippen molar-refractivity contribution in [3.63, 3.8) is 0 Å². The van der Waals surface area contributed by atoms with Crippen molar-refractivity contribution < 1.29 is 9.53 Å². The Morgan fingerprint density at radius 3 is 2.83 bits per heavy atom. The summed E-state index contributed by atoms with van der Waals surface area (Å²) in [5, 5.41) is 11.1. The number of H-pyrrole nitrogens is 1. The maximum atomic E-state index is 12.6. The van der Waals surface area contributed by atoms with E-state index >= 15 is 0 Å². The third-order valence-corrected chi connectivity index (χ3v) is 4.96. The number of carbonyl (C=O) groups excluding carboxylic acids is 1. The first-order valence-corrected chi connectivity index (χ1v) is 7.80. The van der Waals surface area contributed by atoms with E-state index < -0.39 is 0 Å². The van der Waals surface area contributed by atoms with Gasteiger partial charge in [-0.2, -0.15) is 5.10 Å². The lowest BCUT2D eigenvalue weighted by Crippen LogP contribution is -2.57. The van der Waals surface area contributed by atoms with Crippen molar-refractivity contribution in [3.8, 4) is 5.75 Å². The Labute approximate surface area is 141 Å². The minimum atomic E-state index is -0.0878. The number of halogens is 1. The summed E-state index contributed by atoms with van der Waals surface area (Å²) in [5.74, 6) is 1.27. The van der Waals surface area contributed by atoms with Gasteiger partial charge in [0.15, 0.2) is 5.69 Å². The number of aromatic amines is 1. The Morgan fingerprint density at radius 1 is 1.39 bits per heavy atom. The number of nitrogens with one attached hydrogen (secondary N) is 2. The van der Waals surface area contributed by atoms with Crippen LogP contribution in [-0.4, -0.2) is 53.8 Å². The van der Waals surface area contributed by atoms with Gasteiger partial charge in [0.05, 0.1) is 12.6 Å². The molecule has 1 aromatic carbocycles. The number of aromatic nitrogens is 2. The normalized spacial score (nSPS) is 25.9. The molecule has 1 amide bonds. The maximum absolute atomic E-state index is 12.6. The number of hydrogen-bond donors (Lipinski definition) is 2. The second kappa shape index (κ2) is 6.37. The minimum Gasteiger partial charge on any atom is -0.497 e. The SMILES string of the molecule is COc1ccc2c(C(=O)N[C@H]3CN4CCC3CC4)n[nH]c2c1.Cl. The molecule has 3 aliphatic heterocycles. The number of piperidine rings is 3. The predicted octanol–water partition coefficient (Wildman–Crippen LogP) is 1.82. The number of carbonyl (C=O) groups is 1. The Kier molecular flexibility index (Phi) is 4.46. The van der Waals surface area contributed by atoms with E-state index in [2.05, 4.69) is 20.4 Å². The van der Waals surface area contributed by atoms with E-state index in [1.54, 1.807) is 7.11 Å². The van der Waals surface area contributed by atoms with Crippen LogP contribution in [0.2, 0.25) is 0 Å². The molecule has 0 radical (unpaired) electrons. The van der Waals surface area contributed by atoms with Crippen LogP contribution in [0, 0.1) is 5.92 Å². The molecule has 1 atom stereocenters. The van der Waals surface area contributed by atoms with E-state index in [0.29, 0.717) is 11.6 Å². The van der Waals surface area contributed by atoms with E-state index in [9.17, 15) is 4.79 Å². The topological polar surface area (TPSA) is 70.2 Å². The number of ether oxygens (including phenoxy) is 1. The van der Waals surface area contributed by atoms with Crippen molar-refractivity contribution in [1.29, 1.82) is 0 Å². The van der Waals surface area contributed by atoms with Gasteiger partial charge in [0.1, 0.15) is 5.75 Å². The number of nitrogens with zero attached hydrogens (tertiary/aromatic N) is 2. The van der Waals surface area contributed by atoms with E-state index in [1.165, 1.54) is 25.9 Å². The summed E-state index contributed by atoms with van der Waals surface area (Å²) in [5.41, 5.74) is 1.28. The molecule has 5 rings (SSSR count). The van der Waals surface area contributed by atoms with Gasteiger partial charge in [-0.3, -0.25) is 9.89 Å². The number of hydrogen-bond acceptors (Lipinski definition) is 4. The van der Waals surface area contributed by atoms with Gasteiger partial charge in [-0.15, -0.1) is 12.4 Å². The van der Waals surface area contributed by atoms with Crippen molar-refractivity contribution in [2.75, 3.05) is 26.7 Å². The van der Waals surface area contributed by atoms with Crippen LogP contribution >= 0.6 is 12.4 Å². The highest BCUT2D eigenvalue weighted by atomic mass is 35.5. The molecule has 7 heteroatoms. The highest BCUT2D eigenvalue weighted by Gasteiger charge is 2.35. The molecule has 3 fully saturated rings. The first-order chi connectivity index (χ1) is 10.7. The highest BCUT2D eigenvalue weighted by molar-refractivity contribution is 6.05. The zero-order chi connectivity index (χ0) is 15.1. The van der Waals surface area contributed by atoms with Crippen LogP contribution in [0.5, 0.6) is 5.75 Å². The fraction of sp³-hybridized carbons (Fsp3) is 0.500. The van der Waals surface area contributed by atoms with Crippen LogP contribution in [0.25, 0.3) is 10.9 Å². The maximum Gasteiger partial charge on any atom is 0.272 e. The Morgan fingerprint density at radius 2 is 2.17 bits per heavy atom. The molecular weight excluding hydrogens is 316 g/mol. The number of rotatable bonds is 3. The van der Waals surface area contributed by atoms with E-state index in [-0.39, 0.29) is 24.4 Å². The van der Waals surface area contributed by atoms with E-state index in [0.717, 1.165) is 23.2 Å². The molecule has 3 saturated heterocycles. The van der Waals surface area contributed by atoms with Crippen LogP contribution in [0.4, 0.5) is 0 Å². The van der Waals surface area contributed by atoms with E-state index in [4.69, 9.17) is 4.74 Å². The fourth-order valence-corrected chi connectivity index (χ4v) is 3.66. The molecule has 0 spiro atoms. The van der Waals surface area contributed by atoms with Crippen molar-refractivity contribution in [2.24, 2.45) is 5.92 Å². The first-order valence-electron chi connectivity index (χ1n) is 7.80. The monoisotopic (exact) mass is 336 g/mol. The molecule has 0 aliphatic carbocycles. The van der Waals surface area contributed by atoms with Gasteiger partial charge in [0, 0.05) is 24.0 Å². The molecular formula is C16H21ClN4O2. The van der Waals surface area contributed by atoms with Crippen LogP contribution in [0.15, 0.2) is 18.2 Å². The first kappa shape index (κ1) is 16.1. The van der Waals surface area contributed by atoms with Gasteiger partial charge < -0.3 is 15.0 Å². The number of amides is 1. The number of benzene rings is 1. The summed E-state index contributed by atoms with van der Waals surface area (Å²) in [7, 11) is 1.62. The molecule has 0 unspecified atom stereocenters. The van der Waals surface area contributed by atoms with Crippen LogP contribution in [0.3, 0.4) is 0 Å². The summed E-state index contributed by atoms with van der Waals surface area (Å²) in [4.78, 5) is 15.0. The lowest BCUT2D eigenvalue weighted by Gasteiger charge is -2.44. The van der Waals surface area contributed by atoms with Crippen molar-refractivity contribution in [3.05, 3.63) is 23.9 Å². The molecule has 23 heavy (non-hydrogen) atoms. The fourth-order valence-electron chi connectivity index (χ4n) is 3.66. The zero-order valence-electron chi connectivity index (χ0n) is 13.0. The standard InChI is InChI=1S/C16H20N4O2.ClH/c1-22-11-2-3-12-13(8-11)18-19-15(12)16(21)17-14-9-20-6-4-10(14)5-7-20;/h2-3,8,10,14H,4-7,9H2,1H3,(H,17,21)(H,18,19);1H/t14-;/m0./s1. The second-order valence-corrected chi connectivity index (χ2v) is 6.20. The molecule has 6 nitrogen and oxygen atoms in total. The van der Waals surface area contributed by atoms with Crippen LogP contribution in [-0.2, 0) is 0 Å². The zero-order valence-corrected chi connectivity index (χ0v) is 13.9. The summed E-state index contributed by atoms with van der Waals surface area (Å²) in [6.45, 7) is 3.30. The number of methoxy groups -OCH3 is 1. The molecule has 1 aromatic heterocycles. The number of fused-ring (bicyclic) bond motifs is 4. The summed E-state index contributed by atoms with van der Waals surface area (Å²) in [6, 6.07) is 5.83. The smallest absolute Gasteiger partial charge is 0.272 e. The van der Waals surface area contributed by atoms with Gasteiger partial charge in [0.25, 0.3) is 5.91 Å². The molecule has 2 bridgehead atoms. The molecule has 4 heterocycles. The molecule has 0 saturated carbocycles. The van der Waals surface area contributed by atoms with Crippen LogP contribution < -0.4 is 10.1 Å². The minimum absolute atomic E-state index is 0. The molecule has 2 aromatic rings. The third kappa shape index (κ3) is 2.88. The predicted molar refractivity (Wildman–Crippen MR) is 90.3 cm³/mol. The summed E-state index contributed by atoms with van der Waals surface area (Å²) in [6.07, 6.45) is 2.37.